The van der Waals surface area contributed by atoms with E-state index in [4.69, 9.17) is 10.3 Å². The molecule has 0 aliphatic carbocycles. The van der Waals surface area contributed by atoms with Crippen LogP contribution in [0.25, 0.3) is 11.3 Å². The molecule has 0 saturated carbocycles. The maximum Gasteiger partial charge on any atom is 0.151 e. The van der Waals surface area contributed by atoms with E-state index in [1.807, 2.05) is 6.07 Å². The van der Waals surface area contributed by atoms with Gasteiger partial charge in [0.15, 0.2) is 5.76 Å². The lowest BCUT2D eigenvalue weighted by Gasteiger charge is -2.13. The summed E-state index contributed by atoms with van der Waals surface area (Å²) in [4.78, 5) is 2.19. The van der Waals surface area contributed by atoms with Gasteiger partial charge in [-0.3, -0.25) is 4.90 Å². The average molecular weight is 259 g/mol. The molecule has 0 unspecified atom stereocenters. The fourth-order valence-electron chi connectivity index (χ4n) is 1.95. The van der Waals surface area contributed by atoms with E-state index in [2.05, 4.69) is 48.3 Å². The number of benzene rings is 1. The molecular weight excluding hydrogens is 238 g/mol. The molecule has 19 heavy (non-hydrogen) atoms. The van der Waals surface area contributed by atoms with E-state index in [0.717, 1.165) is 43.1 Å². The first kappa shape index (κ1) is 13.8. The summed E-state index contributed by atoms with van der Waals surface area (Å²) in [6.45, 7) is 4.52. The Bertz CT molecular complexity index is 504. The highest BCUT2D eigenvalue weighted by Crippen LogP contribution is 2.20. The fourth-order valence-corrected chi connectivity index (χ4v) is 1.95. The Balaban J connectivity index is 2.00. The molecule has 2 rings (SSSR count). The molecule has 0 spiro atoms. The molecule has 4 heteroatoms. The minimum atomic E-state index is 0.718. The van der Waals surface area contributed by atoms with Crippen LogP contribution in [0.5, 0.6) is 0 Å². The van der Waals surface area contributed by atoms with Crippen molar-refractivity contribution in [2.24, 2.45) is 5.73 Å². The summed E-state index contributed by atoms with van der Waals surface area (Å²) in [5, 5.41) is 4.12. The molecular formula is C15H21N3O. The highest BCUT2D eigenvalue weighted by atomic mass is 16.5. The third-order valence-electron chi connectivity index (χ3n) is 3.08. The van der Waals surface area contributed by atoms with Crippen LogP contribution in [0.1, 0.15) is 17.7 Å². The van der Waals surface area contributed by atoms with E-state index in [1.54, 1.807) is 0 Å². The first-order valence-corrected chi connectivity index (χ1v) is 6.60. The van der Waals surface area contributed by atoms with Crippen LogP contribution >= 0.6 is 0 Å². The second-order valence-electron chi connectivity index (χ2n) is 4.92. The molecule has 1 heterocycles. The number of nitrogens with two attached hydrogens (primary N) is 1. The average Bonchev–Trinajstić information content (AvgIpc) is 2.85. The van der Waals surface area contributed by atoms with Gasteiger partial charge in [0.1, 0.15) is 5.69 Å². The predicted octanol–water partition coefficient (Wildman–Crippen LogP) is 2.43. The first-order valence-electron chi connectivity index (χ1n) is 6.60. The second kappa shape index (κ2) is 6.50. The summed E-state index contributed by atoms with van der Waals surface area (Å²) in [6.07, 6.45) is 0.995. The number of hydrogen-bond donors (Lipinski definition) is 1. The van der Waals surface area contributed by atoms with Crippen LogP contribution in [-0.4, -0.2) is 30.2 Å². The van der Waals surface area contributed by atoms with Crippen molar-refractivity contribution in [3.05, 3.63) is 41.7 Å². The Morgan fingerprint density at radius 2 is 2.00 bits per heavy atom. The van der Waals surface area contributed by atoms with E-state index < -0.39 is 0 Å². The summed E-state index contributed by atoms with van der Waals surface area (Å²) in [5.74, 6) is 0.884. The van der Waals surface area contributed by atoms with Gasteiger partial charge < -0.3 is 10.3 Å². The van der Waals surface area contributed by atoms with Crippen LogP contribution in [0.15, 0.2) is 34.9 Å². The Labute approximate surface area is 114 Å². The molecule has 0 fully saturated rings. The van der Waals surface area contributed by atoms with Crippen LogP contribution in [0.4, 0.5) is 0 Å². The van der Waals surface area contributed by atoms with Crippen molar-refractivity contribution in [1.29, 1.82) is 0 Å². The number of aromatic nitrogens is 1. The molecule has 0 aliphatic heterocycles. The Kier molecular flexibility index (Phi) is 4.71. The highest BCUT2D eigenvalue weighted by Gasteiger charge is 2.08. The molecule has 4 nitrogen and oxygen atoms in total. The number of nitrogens with zero attached hydrogens (tertiary/aromatic N) is 2. The topological polar surface area (TPSA) is 55.3 Å². The molecule has 0 saturated heterocycles. The van der Waals surface area contributed by atoms with Crippen LogP contribution < -0.4 is 5.73 Å². The van der Waals surface area contributed by atoms with Gasteiger partial charge in [0, 0.05) is 11.6 Å². The molecule has 0 aliphatic rings. The van der Waals surface area contributed by atoms with E-state index in [9.17, 15) is 0 Å². The third-order valence-corrected chi connectivity index (χ3v) is 3.08. The second-order valence-corrected chi connectivity index (χ2v) is 4.92. The van der Waals surface area contributed by atoms with Crippen molar-refractivity contribution in [2.75, 3.05) is 20.1 Å². The Morgan fingerprint density at radius 1 is 1.26 bits per heavy atom. The van der Waals surface area contributed by atoms with Crippen LogP contribution in [-0.2, 0) is 6.54 Å². The maximum absolute atomic E-state index is 5.50. The summed E-state index contributed by atoms with van der Waals surface area (Å²) in [7, 11) is 2.06. The van der Waals surface area contributed by atoms with Gasteiger partial charge in [-0.2, -0.15) is 0 Å². The zero-order chi connectivity index (χ0) is 13.7. The van der Waals surface area contributed by atoms with Crippen molar-refractivity contribution in [3.63, 3.8) is 0 Å². The van der Waals surface area contributed by atoms with Crippen molar-refractivity contribution in [3.8, 4) is 11.3 Å². The van der Waals surface area contributed by atoms with Gasteiger partial charge >= 0.3 is 0 Å². The number of aryl methyl sites for hydroxylation is 1. The van der Waals surface area contributed by atoms with Gasteiger partial charge in [-0.1, -0.05) is 35.0 Å². The minimum absolute atomic E-state index is 0.718. The molecule has 0 radical (unpaired) electrons. The largest absolute Gasteiger partial charge is 0.359 e. The molecule has 0 bridgehead atoms. The van der Waals surface area contributed by atoms with E-state index >= 15 is 0 Å². The van der Waals surface area contributed by atoms with Crippen molar-refractivity contribution in [1.82, 2.24) is 10.1 Å². The van der Waals surface area contributed by atoms with E-state index in [0.29, 0.717) is 0 Å². The van der Waals surface area contributed by atoms with Crippen LogP contribution in [0.3, 0.4) is 0 Å². The van der Waals surface area contributed by atoms with Gasteiger partial charge in [0.05, 0.1) is 6.54 Å². The summed E-state index contributed by atoms with van der Waals surface area (Å²) < 4.78 is 5.38. The van der Waals surface area contributed by atoms with Crippen molar-refractivity contribution in [2.45, 2.75) is 19.9 Å². The van der Waals surface area contributed by atoms with Crippen LogP contribution in [0.2, 0.25) is 0 Å². The molecule has 0 atom stereocenters. The molecule has 102 valence electrons. The Hall–Kier alpha value is -1.65. The quantitative estimate of drug-likeness (QED) is 0.865. The number of hydrogen-bond acceptors (Lipinski definition) is 4. The minimum Gasteiger partial charge on any atom is -0.359 e. The zero-order valence-electron chi connectivity index (χ0n) is 11.6. The normalized spacial score (nSPS) is 11.2. The molecule has 2 aromatic rings. The SMILES string of the molecule is Cc1ccc(-c2cc(CN(C)CCCN)on2)cc1. The third kappa shape index (κ3) is 3.91. The summed E-state index contributed by atoms with van der Waals surface area (Å²) in [5.41, 5.74) is 8.72. The lowest BCUT2D eigenvalue weighted by atomic mass is 10.1. The predicted molar refractivity (Wildman–Crippen MR) is 76.7 cm³/mol. The summed E-state index contributed by atoms with van der Waals surface area (Å²) >= 11 is 0. The lowest BCUT2D eigenvalue weighted by molar-refractivity contribution is 0.272. The van der Waals surface area contributed by atoms with Crippen molar-refractivity contribution < 1.29 is 4.52 Å². The lowest BCUT2D eigenvalue weighted by Crippen LogP contribution is -2.21. The number of rotatable bonds is 6. The van der Waals surface area contributed by atoms with Gasteiger partial charge in [-0.15, -0.1) is 0 Å². The zero-order valence-corrected chi connectivity index (χ0v) is 11.6. The smallest absolute Gasteiger partial charge is 0.151 e. The fraction of sp³-hybridized carbons (Fsp3) is 0.400. The maximum atomic E-state index is 5.50. The van der Waals surface area contributed by atoms with Gasteiger partial charge in [0.25, 0.3) is 0 Å². The van der Waals surface area contributed by atoms with Gasteiger partial charge in [0.2, 0.25) is 0 Å². The molecule has 2 N–H and O–H groups in total. The monoisotopic (exact) mass is 259 g/mol. The van der Waals surface area contributed by atoms with E-state index in [1.165, 1.54) is 5.56 Å². The Morgan fingerprint density at radius 3 is 2.68 bits per heavy atom. The summed E-state index contributed by atoms with van der Waals surface area (Å²) in [6, 6.07) is 10.3. The first-order chi connectivity index (χ1) is 9.19. The molecule has 1 aromatic heterocycles. The molecule has 1 aromatic carbocycles. The molecule has 0 amide bonds. The highest BCUT2D eigenvalue weighted by molar-refractivity contribution is 5.59. The van der Waals surface area contributed by atoms with Crippen molar-refractivity contribution >= 4 is 0 Å². The standard InChI is InChI=1S/C15H21N3O/c1-12-4-6-13(7-5-12)15-10-14(19-17-15)11-18(2)9-3-8-16/h4-7,10H,3,8-9,11,16H2,1-2H3. The van der Waals surface area contributed by atoms with Crippen LogP contribution in [0, 0.1) is 6.92 Å². The van der Waals surface area contributed by atoms with Gasteiger partial charge in [-0.05, 0) is 33.5 Å². The van der Waals surface area contributed by atoms with Gasteiger partial charge in [-0.25, -0.2) is 0 Å². The van der Waals surface area contributed by atoms with E-state index in [-0.39, 0.29) is 0 Å².